The number of nitrogens with zero attached hydrogens (tertiary/aromatic N) is 4. The van der Waals surface area contributed by atoms with E-state index in [9.17, 15) is 0 Å². The van der Waals surface area contributed by atoms with E-state index in [4.69, 9.17) is 9.72 Å². The highest BCUT2D eigenvalue weighted by Crippen LogP contribution is 2.29. The van der Waals surface area contributed by atoms with Gasteiger partial charge in [0.2, 0.25) is 0 Å². The molecular weight excluding hydrogens is 302 g/mol. The lowest BCUT2D eigenvalue weighted by Gasteiger charge is -2.34. The summed E-state index contributed by atoms with van der Waals surface area (Å²) in [5.74, 6) is 2.56. The Morgan fingerprint density at radius 2 is 2.12 bits per heavy atom. The van der Waals surface area contributed by atoms with Crippen LogP contribution in [0.2, 0.25) is 0 Å². The van der Waals surface area contributed by atoms with E-state index in [2.05, 4.69) is 26.3 Å². The Balaban J connectivity index is 1.48. The molecule has 6 heteroatoms. The Kier molecular flexibility index (Phi) is 4.66. The first-order valence-electron chi connectivity index (χ1n) is 8.67. The minimum absolute atomic E-state index is 0.0726. The Bertz CT molecular complexity index is 661. The van der Waals surface area contributed by atoms with Gasteiger partial charge in [0.05, 0.1) is 24.9 Å². The predicted octanol–water partition coefficient (Wildman–Crippen LogP) is 2.27. The molecule has 1 N–H and O–H groups in total. The van der Waals surface area contributed by atoms with E-state index in [0.717, 1.165) is 49.5 Å². The second-order valence-electron chi connectivity index (χ2n) is 6.51. The molecule has 2 aromatic rings. The van der Waals surface area contributed by atoms with E-state index in [-0.39, 0.29) is 6.04 Å². The standard InChI is InChI=1S/C18H23N5O/c1-2-7-19-15(3-1)12-23-9-10-24-13-16(23)18-20-8-6-17(22-18)21-11-14-4-5-14/h1-3,6-8,14,16H,4-5,9-13H2,(H,20,21,22). The van der Waals surface area contributed by atoms with Gasteiger partial charge in [-0.2, -0.15) is 0 Å². The maximum atomic E-state index is 5.69. The highest BCUT2D eigenvalue weighted by molar-refractivity contribution is 5.33. The summed E-state index contributed by atoms with van der Waals surface area (Å²) >= 11 is 0. The van der Waals surface area contributed by atoms with E-state index < -0.39 is 0 Å². The Hall–Kier alpha value is -2.05. The van der Waals surface area contributed by atoms with Crippen LogP contribution >= 0.6 is 0 Å². The number of anilines is 1. The van der Waals surface area contributed by atoms with E-state index in [0.29, 0.717) is 6.61 Å². The molecule has 1 saturated carbocycles. The smallest absolute Gasteiger partial charge is 0.150 e. The van der Waals surface area contributed by atoms with E-state index in [1.165, 1.54) is 12.8 Å². The van der Waals surface area contributed by atoms with Gasteiger partial charge in [-0.05, 0) is 37.0 Å². The second kappa shape index (κ2) is 7.23. The monoisotopic (exact) mass is 325 g/mol. The van der Waals surface area contributed by atoms with Gasteiger partial charge in [-0.15, -0.1) is 0 Å². The van der Waals surface area contributed by atoms with Crippen molar-refractivity contribution in [2.45, 2.75) is 25.4 Å². The Labute approximate surface area is 142 Å². The van der Waals surface area contributed by atoms with Crippen LogP contribution in [0.5, 0.6) is 0 Å². The van der Waals surface area contributed by atoms with Crippen molar-refractivity contribution < 1.29 is 4.74 Å². The molecule has 3 heterocycles. The van der Waals surface area contributed by atoms with Crippen LogP contribution in [0.4, 0.5) is 5.82 Å². The topological polar surface area (TPSA) is 63.2 Å². The molecule has 6 nitrogen and oxygen atoms in total. The van der Waals surface area contributed by atoms with E-state index >= 15 is 0 Å². The predicted molar refractivity (Wildman–Crippen MR) is 91.5 cm³/mol. The first kappa shape index (κ1) is 15.5. The quantitative estimate of drug-likeness (QED) is 0.879. The van der Waals surface area contributed by atoms with Crippen molar-refractivity contribution in [3.63, 3.8) is 0 Å². The molecular formula is C18H23N5O. The zero-order chi connectivity index (χ0) is 16.2. The summed E-state index contributed by atoms with van der Waals surface area (Å²) in [5.41, 5.74) is 1.06. The van der Waals surface area contributed by atoms with Crippen molar-refractivity contribution in [2.24, 2.45) is 5.92 Å². The summed E-state index contributed by atoms with van der Waals surface area (Å²) in [7, 11) is 0. The second-order valence-corrected chi connectivity index (χ2v) is 6.51. The molecule has 2 aliphatic rings. The minimum Gasteiger partial charge on any atom is -0.378 e. The van der Waals surface area contributed by atoms with Crippen molar-refractivity contribution in [3.05, 3.63) is 48.2 Å². The summed E-state index contributed by atoms with van der Waals surface area (Å²) in [6, 6.07) is 8.04. The SMILES string of the molecule is c1ccc(CN2CCOCC2c2nccc(NCC3CC3)n2)nc1. The van der Waals surface area contributed by atoms with Crippen LogP contribution in [0.25, 0.3) is 0 Å². The fraction of sp³-hybridized carbons (Fsp3) is 0.500. The third-order valence-corrected chi connectivity index (χ3v) is 4.57. The van der Waals surface area contributed by atoms with Gasteiger partial charge in [0.1, 0.15) is 11.6 Å². The maximum absolute atomic E-state index is 5.69. The largest absolute Gasteiger partial charge is 0.378 e. The van der Waals surface area contributed by atoms with Crippen molar-refractivity contribution >= 4 is 5.82 Å². The van der Waals surface area contributed by atoms with Crippen molar-refractivity contribution in [1.82, 2.24) is 19.9 Å². The Morgan fingerprint density at radius 3 is 2.96 bits per heavy atom. The molecule has 2 fully saturated rings. The fourth-order valence-electron chi connectivity index (χ4n) is 2.97. The third-order valence-electron chi connectivity index (χ3n) is 4.57. The normalized spacial score (nSPS) is 21.6. The van der Waals surface area contributed by atoms with Gasteiger partial charge < -0.3 is 10.1 Å². The first-order valence-corrected chi connectivity index (χ1v) is 8.67. The van der Waals surface area contributed by atoms with Crippen LogP contribution in [0, 0.1) is 5.92 Å². The molecule has 0 aromatic carbocycles. The van der Waals surface area contributed by atoms with Gasteiger partial charge in [0.25, 0.3) is 0 Å². The zero-order valence-corrected chi connectivity index (χ0v) is 13.8. The molecule has 1 aliphatic heterocycles. The van der Waals surface area contributed by atoms with Gasteiger partial charge in [-0.25, -0.2) is 9.97 Å². The fourth-order valence-corrected chi connectivity index (χ4v) is 2.97. The van der Waals surface area contributed by atoms with Gasteiger partial charge >= 0.3 is 0 Å². The van der Waals surface area contributed by atoms with Crippen LogP contribution in [0.15, 0.2) is 36.7 Å². The molecule has 126 valence electrons. The van der Waals surface area contributed by atoms with Crippen LogP contribution in [-0.2, 0) is 11.3 Å². The average molecular weight is 325 g/mol. The van der Waals surface area contributed by atoms with Crippen LogP contribution in [-0.4, -0.2) is 46.2 Å². The molecule has 0 spiro atoms. The van der Waals surface area contributed by atoms with E-state index in [1.807, 2.05) is 30.6 Å². The zero-order valence-electron chi connectivity index (χ0n) is 13.8. The van der Waals surface area contributed by atoms with Crippen LogP contribution in [0.1, 0.15) is 30.4 Å². The number of rotatable bonds is 6. The molecule has 1 unspecified atom stereocenters. The number of aromatic nitrogens is 3. The molecule has 1 saturated heterocycles. The maximum Gasteiger partial charge on any atom is 0.150 e. The molecule has 1 atom stereocenters. The molecule has 24 heavy (non-hydrogen) atoms. The lowest BCUT2D eigenvalue weighted by Crippen LogP contribution is -2.40. The Morgan fingerprint density at radius 1 is 1.17 bits per heavy atom. The number of hydrogen-bond acceptors (Lipinski definition) is 6. The lowest BCUT2D eigenvalue weighted by molar-refractivity contribution is -0.0164. The van der Waals surface area contributed by atoms with Gasteiger partial charge in [0, 0.05) is 32.0 Å². The summed E-state index contributed by atoms with van der Waals surface area (Å²) in [6.07, 6.45) is 6.34. The van der Waals surface area contributed by atoms with Crippen LogP contribution < -0.4 is 5.32 Å². The summed E-state index contributed by atoms with van der Waals surface area (Å²) in [6.45, 7) is 4.03. The molecule has 2 aromatic heterocycles. The summed E-state index contributed by atoms with van der Waals surface area (Å²) < 4.78 is 5.69. The van der Waals surface area contributed by atoms with Crippen molar-refractivity contribution in [2.75, 3.05) is 31.6 Å². The molecule has 4 rings (SSSR count). The summed E-state index contributed by atoms with van der Waals surface area (Å²) in [5, 5.41) is 3.43. The average Bonchev–Trinajstić information content (AvgIpc) is 3.46. The number of hydrogen-bond donors (Lipinski definition) is 1. The van der Waals surface area contributed by atoms with Crippen molar-refractivity contribution in [3.8, 4) is 0 Å². The van der Waals surface area contributed by atoms with Crippen molar-refractivity contribution in [1.29, 1.82) is 0 Å². The highest BCUT2D eigenvalue weighted by atomic mass is 16.5. The number of morpholine rings is 1. The highest BCUT2D eigenvalue weighted by Gasteiger charge is 2.27. The molecule has 0 amide bonds. The molecule has 0 bridgehead atoms. The molecule has 0 radical (unpaired) electrons. The molecule has 1 aliphatic carbocycles. The lowest BCUT2D eigenvalue weighted by atomic mass is 10.2. The third kappa shape index (κ3) is 3.88. The van der Waals surface area contributed by atoms with Gasteiger partial charge in [0.15, 0.2) is 0 Å². The number of ether oxygens (including phenoxy) is 1. The van der Waals surface area contributed by atoms with E-state index in [1.54, 1.807) is 0 Å². The number of nitrogens with one attached hydrogen (secondary N) is 1. The number of pyridine rings is 1. The van der Waals surface area contributed by atoms with Gasteiger partial charge in [-0.3, -0.25) is 9.88 Å². The van der Waals surface area contributed by atoms with Crippen LogP contribution in [0.3, 0.4) is 0 Å². The van der Waals surface area contributed by atoms with Gasteiger partial charge in [-0.1, -0.05) is 6.07 Å². The summed E-state index contributed by atoms with van der Waals surface area (Å²) in [4.78, 5) is 16.0. The minimum atomic E-state index is 0.0726. The first-order chi connectivity index (χ1) is 11.9.